The van der Waals surface area contributed by atoms with Crippen LogP contribution in [0.5, 0.6) is 5.75 Å². The number of ether oxygens (including phenoxy) is 1. The van der Waals surface area contributed by atoms with Crippen molar-refractivity contribution < 1.29 is 9.53 Å². The van der Waals surface area contributed by atoms with Crippen LogP contribution in [0.3, 0.4) is 0 Å². The zero-order valence-electron chi connectivity index (χ0n) is 19.7. The van der Waals surface area contributed by atoms with Crippen molar-refractivity contribution in [1.82, 2.24) is 24.6 Å². The number of imidazole rings is 1. The van der Waals surface area contributed by atoms with Gasteiger partial charge in [-0.15, -0.1) is 10.2 Å². The standard InChI is InChI=1S/C27H28N6O2/c1-2-35-24-9-7-22(8-10-24)25-11-12-26(30-29-25)32-15-17-33(18-16-32)27(34)23-5-3-21(4-6-23)19-31-14-13-28-20-31/h3-14,20H,2,15-19H2,1H3. The molecule has 0 N–H and O–H groups in total. The highest BCUT2D eigenvalue weighted by Crippen LogP contribution is 2.22. The van der Waals surface area contributed by atoms with Crippen molar-refractivity contribution in [2.75, 3.05) is 37.7 Å². The van der Waals surface area contributed by atoms with Crippen molar-refractivity contribution in [1.29, 1.82) is 0 Å². The van der Waals surface area contributed by atoms with Crippen LogP contribution in [0, 0.1) is 0 Å². The van der Waals surface area contributed by atoms with E-state index in [1.54, 1.807) is 12.5 Å². The van der Waals surface area contributed by atoms with Crippen LogP contribution in [-0.4, -0.2) is 63.3 Å². The van der Waals surface area contributed by atoms with Gasteiger partial charge in [0, 0.05) is 56.2 Å². The highest BCUT2D eigenvalue weighted by atomic mass is 16.5. The van der Waals surface area contributed by atoms with E-state index in [1.807, 2.05) is 83.3 Å². The third kappa shape index (κ3) is 5.32. The lowest BCUT2D eigenvalue weighted by atomic mass is 10.1. The Morgan fingerprint density at radius 1 is 0.914 bits per heavy atom. The van der Waals surface area contributed by atoms with Crippen LogP contribution in [0.2, 0.25) is 0 Å². The van der Waals surface area contributed by atoms with E-state index in [-0.39, 0.29) is 5.91 Å². The normalized spacial score (nSPS) is 13.6. The minimum Gasteiger partial charge on any atom is -0.494 e. The summed E-state index contributed by atoms with van der Waals surface area (Å²) in [5.74, 6) is 1.74. The molecule has 0 aliphatic carbocycles. The number of rotatable bonds is 7. The molecule has 1 amide bonds. The number of hydrogen-bond donors (Lipinski definition) is 0. The predicted octanol–water partition coefficient (Wildman–Crippen LogP) is 3.75. The summed E-state index contributed by atoms with van der Waals surface area (Å²) in [4.78, 5) is 21.1. The molecular weight excluding hydrogens is 440 g/mol. The first-order valence-corrected chi connectivity index (χ1v) is 11.9. The van der Waals surface area contributed by atoms with E-state index >= 15 is 0 Å². The molecule has 3 heterocycles. The Morgan fingerprint density at radius 3 is 2.31 bits per heavy atom. The lowest BCUT2D eigenvalue weighted by Crippen LogP contribution is -2.49. The zero-order valence-corrected chi connectivity index (χ0v) is 19.7. The van der Waals surface area contributed by atoms with Gasteiger partial charge >= 0.3 is 0 Å². The summed E-state index contributed by atoms with van der Waals surface area (Å²) in [5.41, 5.74) is 3.67. The maximum atomic E-state index is 13.0. The van der Waals surface area contributed by atoms with Crippen LogP contribution in [0.15, 0.2) is 79.4 Å². The fourth-order valence-electron chi connectivity index (χ4n) is 4.20. The lowest BCUT2D eigenvalue weighted by Gasteiger charge is -2.35. The highest BCUT2D eigenvalue weighted by molar-refractivity contribution is 5.94. The van der Waals surface area contributed by atoms with Gasteiger partial charge in [0.15, 0.2) is 5.82 Å². The van der Waals surface area contributed by atoms with E-state index in [1.165, 1.54) is 0 Å². The van der Waals surface area contributed by atoms with E-state index in [4.69, 9.17) is 4.74 Å². The van der Waals surface area contributed by atoms with Crippen molar-refractivity contribution in [2.24, 2.45) is 0 Å². The van der Waals surface area contributed by atoms with Crippen LogP contribution in [0.25, 0.3) is 11.3 Å². The van der Waals surface area contributed by atoms with Gasteiger partial charge in [0.2, 0.25) is 0 Å². The number of carbonyl (C=O) groups is 1. The van der Waals surface area contributed by atoms with Gasteiger partial charge in [0.1, 0.15) is 5.75 Å². The third-order valence-corrected chi connectivity index (χ3v) is 6.13. The molecule has 0 spiro atoms. The molecule has 178 valence electrons. The van der Waals surface area contributed by atoms with Crippen molar-refractivity contribution in [3.05, 3.63) is 90.5 Å². The molecule has 0 bridgehead atoms. The number of hydrogen-bond acceptors (Lipinski definition) is 6. The number of amides is 1. The minimum absolute atomic E-state index is 0.0655. The maximum Gasteiger partial charge on any atom is 0.253 e. The van der Waals surface area contributed by atoms with Gasteiger partial charge in [-0.2, -0.15) is 0 Å². The summed E-state index contributed by atoms with van der Waals surface area (Å²) >= 11 is 0. The van der Waals surface area contributed by atoms with Gasteiger partial charge in [0.05, 0.1) is 18.6 Å². The molecule has 0 unspecified atom stereocenters. The van der Waals surface area contributed by atoms with Crippen molar-refractivity contribution >= 4 is 11.7 Å². The highest BCUT2D eigenvalue weighted by Gasteiger charge is 2.23. The van der Waals surface area contributed by atoms with Gasteiger partial charge in [-0.3, -0.25) is 4.79 Å². The molecule has 0 atom stereocenters. The average molecular weight is 469 g/mol. The quantitative estimate of drug-likeness (QED) is 0.411. The van der Waals surface area contributed by atoms with E-state index in [2.05, 4.69) is 20.1 Å². The van der Waals surface area contributed by atoms with Crippen LogP contribution in [0.1, 0.15) is 22.8 Å². The maximum absolute atomic E-state index is 13.0. The number of nitrogens with zero attached hydrogens (tertiary/aromatic N) is 6. The fourth-order valence-corrected chi connectivity index (χ4v) is 4.20. The van der Waals surface area contributed by atoms with Crippen LogP contribution >= 0.6 is 0 Å². The first-order valence-electron chi connectivity index (χ1n) is 11.9. The first kappa shape index (κ1) is 22.6. The number of anilines is 1. The van der Waals surface area contributed by atoms with Crippen molar-refractivity contribution in [3.63, 3.8) is 0 Å². The number of piperazine rings is 1. The smallest absolute Gasteiger partial charge is 0.253 e. The third-order valence-electron chi connectivity index (χ3n) is 6.13. The molecular formula is C27H28N6O2. The minimum atomic E-state index is 0.0655. The average Bonchev–Trinajstić information content (AvgIpc) is 3.43. The molecule has 8 nitrogen and oxygen atoms in total. The van der Waals surface area contributed by atoms with Gasteiger partial charge in [-0.25, -0.2) is 4.98 Å². The molecule has 1 aliphatic heterocycles. The molecule has 2 aromatic carbocycles. The Hall–Kier alpha value is -4.20. The molecule has 0 radical (unpaired) electrons. The second kappa shape index (κ2) is 10.4. The van der Waals surface area contributed by atoms with E-state index in [0.717, 1.165) is 48.0 Å². The Bertz CT molecular complexity index is 1230. The molecule has 2 aromatic heterocycles. The van der Waals surface area contributed by atoms with Gasteiger partial charge in [0.25, 0.3) is 5.91 Å². The Labute approximate surface area is 204 Å². The molecule has 5 rings (SSSR count). The molecule has 0 saturated carbocycles. The van der Waals surface area contributed by atoms with Gasteiger partial charge < -0.3 is 19.1 Å². The van der Waals surface area contributed by atoms with Crippen LogP contribution in [0.4, 0.5) is 5.82 Å². The molecule has 8 heteroatoms. The summed E-state index contributed by atoms with van der Waals surface area (Å²) in [7, 11) is 0. The van der Waals surface area contributed by atoms with E-state index in [0.29, 0.717) is 25.3 Å². The van der Waals surface area contributed by atoms with Crippen LogP contribution in [-0.2, 0) is 6.54 Å². The largest absolute Gasteiger partial charge is 0.494 e. The Kier molecular flexibility index (Phi) is 6.70. The SMILES string of the molecule is CCOc1ccc(-c2ccc(N3CCN(C(=O)c4ccc(Cn5ccnc5)cc4)CC3)nn2)cc1. The van der Waals surface area contributed by atoms with Gasteiger partial charge in [-0.05, 0) is 61.0 Å². The second-order valence-electron chi connectivity index (χ2n) is 8.45. The zero-order chi connectivity index (χ0) is 24.0. The topological polar surface area (TPSA) is 76.4 Å². The number of benzene rings is 2. The van der Waals surface area contributed by atoms with Gasteiger partial charge in [-0.1, -0.05) is 12.1 Å². The molecule has 4 aromatic rings. The Morgan fingerprint density at radius 2 is 1.69 bits per heavy atom. The first-order chi connectivity index (χ1) is 17.2. The Balaban J connectivity index is 1.16. The van der Waals surface area contributed by atoms with Crippen molar-refractivity contribution in [2.45, 2.75) is 13.5 Å². The molecule has 35 heavy (non-hydrogen) atoms. The fraction of sp³-hybridized carbons (Fsp3) is 0.259. The summed E-state index contributed by atoms with van der Waals surface area (Å²) in [6.07, 6.45) is 5.48. The summed E-state index contributed by atoms with van der Waals surface area (Å²) in [5, 5.41) is 8.86. The van der Waals surface area contributed by atoms with E-state index in [9.17, 15) is 4.79 Å². The lowest BCUT2D eigenvalue weighted by molar-refractivity contribution is 0.0746. The molecule has 1 aliphatic rings. The summed E-state index contributed by atoms with van der Waals surface area (Å²) < 4.78 is 7.50. The molecule has 1 saturated heterocycles. The van der Waals surface area contributed by atoms with Crippen LogP contribution < -0.4 is 9.64 Å². The van der Waals surface area contributed by atoms with Crippen molar-refractivity contribution in [3.8, 4) is 17.0 Å². The molecule has 1 fully saturated rings. The summed E-state index contributed by atoms with van der Waals surface area (Å²) in [6, 6.07) is 19.7. The number of carbonyl (C=O) groups excluding carboxylic acids is 1. The second-order valence-corrected chi connectivity index (χ2v) is 8.45. The van der Waals surface area contributed by atoms with E-state index < -0.39 is 0 Å². The summed E-state index contributed by atoms with van der Waals surface area (Å²) in [6.45, 7) is 6.10. The monoisotopic (exact) mass is 468 g/mol. The predicted molar refractivity (Wildman–Crippen MR) is 135 cm³/mol. The number of aromatic nitrogens is 4.